The van der Waals surface area contributed by atoms with Gasteiger partial charge in [-0.2, -0.15) is 10.1 Å². The van der Waals surface area contributed by atoms with Crippen LogP contribution in [-0.4, -0.2) is 68.4 Å². The average Bonchev–Trinajstić information content (AvgIpc) is 3.50. The van der Waals surface area contributed by atoms with Gasteiger partial charge in [-0.15, -0.1) is 0 Å². The van der Waals surface area contributed by atoms with E-state index in [1.54, 1.807) is 12.1 Å². The van der Waals surface area contributed by atoms with Crippen molar-refractivity contribution in [3.63, 3.8) is 0 Å². The summed E-state index contributed by atoms with van der Waals surface area (Å²) in [5.74, 6) is 1.56. The molecule has 5 aliphatic rings. The summed E-state index contributed by atoms with van der Waals surface area (Å²) in [5.41, 5.74) is 3.83. The van der Waals surface area contributed by atoms with Crippen molar-refractivity contribution in [3.8, 4) is 0 Å². The molecule has 0 unspecified atom stereocenters. The zero-order valence-corrected chi connectivity index (χ0v) is 28.4. The van der Waals surface area contributed by atoms with Crippen molar-refractivity contribution < 1.29 is 14.3 Å². The van der Waals surface area contributed by atoms with E-state index >= 15 is 0 Å². The Balaban J connectivity index is 1.24. The molecule has 4 atom stereocenters. The zero-order valence-electron chi connectivity index (χ0n) is 28.4. The Morgan fingerprint density at radius 3 is 2.70 bits per heavy atom. The summed E-state index contributed by atoms with van der Waals surface area (Å²) in [6.07, 6.45) is 12.2. The van der Waals surface area contributed by atoms with Crippen molar-refractivity contribution in [3.05, 3.63) is 64.9 Å². The van der Waals surface area contributed by atoms with Crippen LogP contribution in [0, 0.1) is 22.6 Å². The zero-order chi connectivity index (χ0) is 32.9. The molecule has 2 aromatic heterocycles. The fourth-order valence-corrected chi connectivity index (χ4v) is 9.47. The lowest BCUT2D eigenvalue weighted by molar-refractivity contribution is -0.230. The third-order valence-corrected chi connectivity index (χ3v) is 11.9. The predicted molar refractivity (Wildman–Crippen MR) is 181 cm³/mol. The van der Waals surface area contributed by atoms with Gasteiger partial charge in [-0.05, 0) is 106 Å². The first kappa shape index (κ1) is 32.0. The van der Waals surface area contributed by atoms with E-state index in [9.17, 15) is 14.3 Å². The maximum absolute atomic E-state index is 14.3. The molecule has 0 radical (unpaired) electrons. The second kappa shape index (κ2) is 12.5. The van der Waals surface area contributed by atoms with Crippen LogP contribution in [0.3, 0.4) is 0 Å². The van der Waals surface area contributed by atoms with Gasteiger partial charge in [-0.3, -0.25) is 9.48 Å². The summed E-state index contributed by atoms with van der Waals surface area (Å²) < 4.78 is 16.3. The van der Waals surface area contributed by atoms with Gasteiger partial charge in [-0.25, -0.2) is 9.37 Å². The van der Waals surface area contributed by atoms with Crippen LogP contribution in [-0.2, 0) is 24.2 Å². The Hall–Kier alpha value is -3.53. The number of rotatable bonds is 12. The van der Waals surface area contributed by atoms with Gasteiger partial charge in [0.1, 0.15) is 11.6 Å². The first-order chi connectivity index (χ1) is 22.6. The minimum absolute atomic E-state index is 0.0117. The molecule has 47 heavy (non-hydrogen) atoms. The van der Waals surface area contributed by atoms with E-state index in [-0.39, 0.29) is 29.2 Å². The minimum atomic E-state index is -0.651. The maximum atomic E-state index is 14.3. The number of aryl methyl sites for hydroxylation is 2. The van der Waals surface area contributed by atoms with Gasteiger partial charge in [0, 0.05) is 50.0 Å². The number of piperidine rings is 1. The fraction of sp³-hybridized carbons (Fsp3) is 0.622. The summed E-state index contributed by atoms with van der Waals surface area (Å²) in [5, 5.41) is 18.4. The Morgan fingerprint density at radius 1 is 1.21 bits per heavy atom. The van der Waals surface area contributed by atoms with Crippen molar-refractivity contribution in [2.45, 2.75) is 103 Å². The summed E-state index contributed by atoms with van der Waals surface area (Å²) in [6, 6.07) is 7.18. The SMILES string of the molecule is CC[C@@H](N(C)c1nc2c(c(N[C@@H](CN3CCC[C@H](C)C3)c3cnn(CC)c3)n1)C[C@H](c1cccc(F)c1)CC2)C12CC(C(=O)O)(C1)C2. The highest BCUT2D eigenvalue weighted by molar-refractivity contribution is 5.79. The van der Waals surface area contributed by atoms with E-state index in [4.69, 9.17) is 9.97 Å². The number of fused-ring (bicyclic) bond motifs is 1. The molecule has 252 valence electrons. The monoisotopic (exact) mass is 643 g/mol. The minimum Gasteiger partial charge on any atom is -0.481 e. The van der Waals surface area contributed by atoms with Crippen LogP contribution in [0.1, 0.15) is 100 Å². The van der Waals surface area contributed by atoms with E-state index in [1.807, 2.05) is 16.9 Å². The lowest BCUT2D eigenvalue weighted by Crippen LogP contribution is -2.72. The van der Waals surface area contributed by atoms with Crippen molar-refractivity contribution >= 4 is 17.7 Å². The van der Waals surface area contributed by atoms with E-state index in [0.717, 1.165) is 99.3 Å². The Kier molecular flexibility index (Phi) is 8.51. The van der Waals surface area contributed by atoms with Crippen molar-refractivity contribution in [2.24, 2.45) is 16.7 Å². The predicted octanol–water partition coefficient (Wildman–Crippen LogP) is 6.46. The largest absolute Gasteiger partial charge is 0.481 e. The molecular weight excluding hydrogens is 593 g/mol. The number of aromatic nitrogens is 4. The van der Waals surface area contributed by atoms with Crippen molar-refractivity contribution in [1.29, 1.82) is 0 Å². The molecule has 9 nitrogen and oxygen atoms in total. The topological polar surface area (TPSA) is 99.4 Å². The van der Waals surface area contributed by atoms with Crippen LogP contribution < -0.4 is 10.2 Å². The molecule has 0 spiro atoms. The summed E-state index contributed by atoms with van der Waals surface area (Å²) >= 11 is 0. The van der Waals surface area contributed by atoms with Crippen molar-refractivity contribution in [1.82, 2.24) is 24.6 Å². The van der Waals surface area contributed by atoms with Crippen LogP contribution in [0.4, 0.5) is 16.2 Å². The molecule has 0 amide bonds. The van der Waals surface area contributed by atoms with E-state index in [1.165, 1.54) is 18.9 Å². The molecule has 3 aromatic rings. The number of carbonyl (C=O) groups is 1. The number of benzene rings is 1. The van der Waals surface area contributed by atoms with Gasteiger partial charge in [0.05, 0.1) is 23.3 Å². The molecular formula is C37H50FN7O2. The molecule has 4 fully saturated rings. The normalized spacial score (nSPS) is 28.0. The number of aliphatic carboxylic acids is 1. The second-order valence-electron chi connectivity index (χ2n) is 15.1. The smallest absolute Gasteiger partial charge is 0.309 e. The molecule has 1 aromatic carbocycles. The molecule has 8 rings (SSSR count). The number of hydrogen-bond acceptors (Lipinski definition) is 7. The maximum Gasteiger partial charge on any atom is 0.309 e. The molecule has 4 aliphatic carbocycles. The lowest BCUT2D eigenvalue weighted by atomic mass is 9.33. The summed E-state index contributed by atoms with van der Waals surface area (Å²) in [6.45, 7) is 10.5. The van der Waals surface area contributed by atoms with Crippen LogP contribution in [0.15, 0.2) is 36.7 Å². The number of nitrogens with one attached hydrogen (secondary N) is 1. The number of anilines is 2. The molecule has 2 bridgehead atoms. The fourth-order valence-electron chi connectivity index (χ4n) is 9.47. The van der Waals surface area contributed by atoms with Gasteiger partial charge in [0.25, 0.3) is 0 Å². The summed E-state index contributed by atoms with van der Waals surface area (Å²) in [4.78, 5) is 27.2. The number of nitrogens with zero attached hydrogens (tertiary/aromatic N) is 6. The number of halogens is 1. The Bertz CT molecular complexity index is 1600. The van der Waals surface area contributed by atoms with Gasteiger partial charge in [0.2, 0.25) is 5.95 Å². The van der Waals surface area contributed by atoms with Crippen LogP contribution in [0.2, 0.25) is 0 Å². The Morgan fingerprint density at radius 2 is 2.02 bits per heavy atom. The van der Waals surface area contributed by atoms with Gasteiger partial charge in [0.15, 0.2) is 0 Å². The molecule has 2 N–H and O–H groups in total. The lowest BCUT2D eigenvalue weighted by Gasteiger charge is -2.71. The summed E-state index contributed by atoms with van der Waals surface area (Å²) in [7, 11) is 2.09. The van der Waals surface area contributed by atoms with Gasteiger partial charge < -0.3 is 20.2 Å². The van der Waals surface area contributed by atoms with E-state index in [2.05, 4.69) is 54.2 Å². The quantitative estimate of drug-likeness (QED) is 0.232. The molecule has 1 aliphatic heterocycles. The molecule has 3 saturated carbocycles. The number of carboxylic acid groups (broad SMARTS) is 1. The highest BCUT2D eigenvalue weighted by Gasteiger charge is 2.74. The van der Waals surface area contributed by atoms with Crippen LogP contribution in [0.5, 0.6) is 0 Å². The standard InChI is InChI=1S/C37H50FN7O2/c1-5-32(36-21-37(22-36,23-36)34(46)47)43(4)35-41-30-13-12-26(25-10-7-11-28(38)15-25)16-29(30)33(42-35)40-31(27-17-39-45(6-2)19-27)20-44-14-8-9-24(3)18-44/h7,10-11,15,17,19,24,26,31-32H,5-6,8-9,12-14,16,18,20-23H2,1-4H3,(H,46,47)(H,40,41,42)/t24-,26+,31-,32+,36?,37?/m0/s1. The highest BCUT2D eigenvalue weighted by atomic mass is 19.1. The first-order valence-electron chi connectivity index (χ1n) is 17.7. The number of hydrogen-bond donors (Lipinski definition) is 2. The van der Waals surface area contributed by atoms with E-state index < -0.39 is 11.4 Å². The average molecular weight is 644 g/mol. The van der Waals surface area contributed by atoms with Crippen LogP contribution in [0.25, 0.3) is 0 Å². The van der Waals surface area contributed by atoms with E-state index in [0.29, 0.717) is 11.9 Å². The number of carboxylic acids is 1. The highest BCUT2D eigenvalue weighted by Crippen LogP contribution is 2.75. The molecule has 3 heterocycles. The second-order valence-corrected chi connectivity index (χ2v) is 15.1. The third-order valence-electron chi connectivity index (χ3n) is 11.9. The van der Waals surface area contributed by atoms with Gasteiger partial charge >= 0.3 is 5.97 Å². The van der Waals surface area contributed by atoms with Gasteiger partial charge in [-0.1, -0.05) is 26.0 Å². The third kappa shape index (κ3) is 5.91. The Labute approximate surface area is 278 Å². The van der Waals surface area contributed by atoms with Crippen LogP contribution >= 0.6 is 0 Å². The molecule has 10 heteroatoms. The number of likely N-dealkylation sites (tertiary alicyclic amines) is 1. The molecule has 1 saturated heterocycles. The van der Waals surface area contributed by atoms with Crippen molar-refractivity contribution in [2.75, 3.05) is 36.9 Å². The first-order valence-corrected chi connectivity index (χ1v) is 17.7.